The number of ketones is 1. The number of aromatic hydroxyl groups is 1. The monoisotopic (exact) mass is 401 g/mol. The maximum atomic E-state index is 13.0. The van der Waals surface area contributed by atoms with E-state index in [9.17, 15) is 14.7 Å². The molecule has 0 unspecified atom stereocenters. The number of phenols is 1. The molecule has 2 aromatic carbocycles. The number of carbonyl (C=O) groups excluding carboxylic acids is 2. The second-order valence-corrected chi connectivity index (χ2v) is 6.74. The van der Waals surface area contributed by atoms with Crippen molar-refractivity contribution in [3.8, 4) is 5.75 Å². The highest BCUT2D eigenvalue weighted by molar-refractivity contribution is 6.16. The Balaban J connectivity index is 1.75. The van der Waals surface area contributed by atoms with Crippen molar-refractivity contribution in [3.63, 3.8) is 0 Å². The van der Waals surface area contributed by atoms with E-state index in [1.165, 1.54) is 30.9 Å². The minimum atomic E-state index is -0.730. The number of benzene rings is 2. The van der Waals surface area contributed by atoms with E-state index in [-0.39, 0.29) is 22.6 Å². The van der Waals surface area contributed by atoms with Gasteiger partial charge < -0.3 is 14.4 Å². The number of ether oxygens (including phenoxy) is 1. The molecule has 0 aliphatic carbocycles. The summed E-state index contributed by atoms with van der Waals surface area (Å²) in [5, 5.41) is 10.0. The first-order valence-electron chi connectivity index (χ1n) is 9.39. The van der Waals surface area contributed by atoms with E-state index in [1.807, 2.05) is 34.9 Å². The zero-order valence-corrected chi connectivity index (χ0v) is 16.3. The SMILES string of the molecule is COC(=O)c1nc2c(cc1C(=O)c1ccccc1O)ncn2CCc1ccccc1. The molecular weight excluding hydrogens is 382 g/mol. The van der Waals surface area contributed by atoms with Crippen LogP contribution in [0.2, 0.25) is 0 Å². The van der Waals surface area contributed by atoms with Gasteiger partial charge in [-0.25, -0.2) is 14.8 Å². The van der Waals surface area contributed by atoms with Gasteiger partial charge in [0, 0.05) is 6.54 Å². The number of esters is 1. The Kier molecular flexibility index (Phi) is 5.26. The summed E-state index contributed by atoms with van der Waals surface area (Å²) in [7, 11) is 1.23. The minimum absolute atomic E-state index is 0.0316. The largest absolute Gasteiger partial charge is 0.507 e. The van der Waals surface area contributed by atoms with Crippen LogP contribution in [0.4, 0.5) is 0 Å². The topological polar surface area (TPSA) is 94.3 Å². The van der Waals surface area contributed by atoms with Crippen LogP contribution in [0, 0.1) is 0 Å². The summed E-state index contributed by atoms with van der Waals surface area (Å²) in [6.07, 6.45) is 2.40. The normalized spacial score (nSPS) is 10.8. The van der Waals surface area contributed by atoms with Crippen molar-refractivity contribution < 1.29 is 19.4 Å². The number of nitrogens with zero attached hydrogens (tertiary/aromatic N) is 3. The standard InChI is InChI=1S/C23H19N3O4/c1-30-23(29)20-17(21(28)16-9-5-6-10-19(16)27)13-18-22(25-20)26(14-24-18)12-11-15-7-3-2-4-8-15/h2-10,13-14,27H,11-12H2,1H3. The fourth-order valence-electron chi connectivity index (χ4n) is 3.28. The summed E-state index contributed by atoms with van der Waals surface area (Å²) in [6.45, 7) is 0.612. The van der Waals surface area contributed by atoms with Gasteiger partial charge in [-0.2, -0.15) is 0 Å². The summed E-state index contributed by atoms with van der Waals surface area (Å²) in [5.74, 6) is -1.43. The molecule has 0 amide bonds. The average Bonchev–Trinajstić information content (AvgIpc) is 3.18. The van der Waals surface area contributed by atoms with Crippen molar-refractivity contribution >= 4 is 22.9 Å². The average molecular weight is 401 g/mol. The zero-order chi connectivity index (χ0) is 21.1. The Morgan fingerprint density at radius 3 is 2.50 bits per heavy atom. The molecule has 7 heteroatoms. The maximum Gasteiger partial charge on any atom is 0.357 e. The van der Waals surface area contributed by atoms with Gasteiger partial charge in [0.1, 0.15) is 11.3 Å². The Bertz CT molecular complexity index is 1230. The summed E-state index contributed by atoms with van der Waals surface area (Å²) < 4.78 is 6.68. The molecule has 4 rings (SSSR count). The van der Waals surface area contributed by atoms with Gasteiger partial charge in [0.25, 0.3) is 0 Å². The highest BCUT2D eigenvalue weighted by atomic mass is 16.5. The number of hydrogen-bond donors (Lipinski definition) is 1. The predicted octanol–water partition coefficient (Wildman–Crippen LogP) is 3.40. The lowest BCUT2D eigenvalue weighted by Crippen LogP contribution is -2.15. The van der Waals surface area contributed by atoms with Crippen LogP contribution in [0.15, 0.2) is 67.0 Å². The number of phenolic OH excluding ortho intramolecular Hbond substituents is 1. The highest BCUT2D eigenvalue weighted by Gasteiger charge is 2.24. The molecule has 2 aromatic heterocycles. The fraction of sp³-hybridized carbons (Fsp3) is 0.130. The van der Waals surface area contributed by atoms with E-state index in [4.69, 9.17) is 4.74 Å². The Morgan fingerprint density at radius 1 is 1.03 bits per heavy atom. The smallest absolute Gasteiger partial charge is 0.357 e. The van der Waals surface area contributed by atoms with Gasteiger partial charge in [-0.05, 0) is 30.2 Å². The third-order valence-electron chi connectivity index (χ3n) is 4.85. The summed E-state index contributed by atoms with van der Waals surface area (Å²) in [5.41, 5.74) is 2.13. The number of pyridine rings is 1. The van der Waals surface area contributed by atoms with Crippen molar-refractivity contribution in [2.45, 2.75) is 13.0 Å². The van der Waals surface area contributed by atoms with Gasteiger partial charge in [-0.1, -0.05) is 42.5 Å². The third kappa shape index (κ3) is 3.65. The van der Waals surface area contributed by atoms with Crippen LogP contribution in [0.3, 0.4) is 0 Å². The molecule has 0 fully saturated rings. The lowest BCUT2D eigenvalue weighted by molar-refractivity contribution is 0.0591. The van der Waals surface area contributed by atoms with Crippen LogP contribution in [0.1, 0.15) is 32.0 Å². The second kappa shape index (κ2) is 8.16. The van der Waals surface area contributed by atoms with Crippen molar-refractivity contribution in [2.24, 2.45) is 0 Å². The highest BCUT2D eigenvalue weighted by Crippen LogP contribution is 2.24. The van der Waals surface area contributed by atoms with Crippen LogP contribution in [0.25, 0.3) is 11.2 Å². The van der Waals surface area contributed by atoms with E-state index in [1.54, 1.807) is 18.5 Å². The molecule has 0 spiro atoms. The van der Waals surface area contributed by atoms with Crippen molar-refractivity contribution in [1.29, 1.82) is 0 Å². The van der Waals surface area contributed by atoms with E-state index in [0.717, 1.165) is 6.42 Å². The first-order chi connectivity index (χ1) is 14.6. The molecule has 150 valence electrons. The number of para-hydroxylation sites is 1. The number of imidazole rings is 1. The molecule has 0 saturated carbocycles. The summed E-state index contributed by atoms with van der Waals surface area (Å²) in [6, 6.07) is 17.7. The molecule has 0 aliphatic heterocycles. The van der Waals surface area contributed by atoms with E-state index >= 15 is 0 Å². The molecule has 0 bridgehead atoms. The molecular formula is C23H19N3O4. The van der Waals surface area contributed by atoms with Crippen molar-refractivity contribution in [1.82, 2.24) is 14.5 Å². The molecule has 0 aliphatic rings. The van der Waals surface area contributed by atoms with Crippen molar-refractivity contribution in [2.75, 3.05) is 7.11 Å². The van der Waals surface area contributed by atoms with Gasteiger partial charge in [0.05, 0.1) is 24.6 Å². The van der Waals surface area contributed by atoms with Crippen LogP contribution in [0.5, 0.6) is 5.75 Å². The number of methoxy groups -OCH3 is 1. The second-order valence-electron chi connectivity index (χ2n) is 6.74. The minimum Gasteiger partial charge on any atom is -0.507 e. The Hall–Kier alpha value is -4.00. The maximum absolute atomic E-state index is 13.0. The van der Waals surface area contributed by atoms with Crippen molar-refractivity contribution in [3.05, 3.63) is 89.4 Å². The van der Waals surface area contributed by atoms with Gasteiger partial charge in [0.2, 0.25) is 0 Å². The zero-order valence-electron chi connectivity index (χ0n) is 16.3. The molecule has 0 atom stereocenters. The van der Waals surface area contributed by atoms with Crippen LogP contribution in [-0.2, 0) is 17.7 Å². The van der Waals surface area contributed by atoms with Crippen LogP contribution < -0.4 is 0 Å². The van der Waals surface area contributed by atoms with Crippen LogP contribution in [-0.4, -0.2) is 38.5 Å². The molecule has 1 N–H and O–H groups in total. The van der Waals surface area contributed by atoms with E-state index in [0.29, 0.717) is 17.7 Å². The molecule has 0 saturated heterocycles. The fourth-order valence-corrected chi connectivity index (χ4v) is 3.28. The third-order valence-corrected chi connectivity index (χ3v) is 4.85. The predicted molar refractivity (Wildman–Crippen MR) is 111 cm³/mol. The molecule has 4 aromatic rings. The lowest BCUT2D eigenvalue weighted by Gasteiger charge is -2.09. The first-order valence-corrected chi connectivity index (χ1v) is 9.39. The number of fused-ring (bicyclic) bond motifs is 1. The number of carbonyl (C=O) groups is 2. The molecule has 30 heavy (non-hydrogen) atoms. The summed E-state index contributed by atoms with van der Waals surface area (Å²) >= 11 is 0. The van der Waals surface area contributed by atoms with Gasteiger partial charge in [0.15, 0.2) is 17.1 Å². The van der Waals surface area contributed by atoms with Gasteiger partial charge in [-0.3, -0.25) is 4.79 Å². The number of hydrogen-bond acceptors (Lipinski definition) is 6. The molecule has 2 heterocycles. The van der Waals surface area contributed by atoms with Gasteiger partial charge in [-0.15, -0.1) is 0 Å². The lowest BCUT2D eigenvalue weighted by atomic mass is 10.0. The van der Waals surface area contributed by atoms with E-state index in [2.05, 4.69) is 9.97 Å². The Labute approximate surface area is 172 Å². The summed E-state index contributed by atoms with van der Waals surface area (Å²) in [4.78, 5) is 34.2. The number of aryl methyl sites for hydroxylation is 2. The number of rotatable bonds is 6. The molecule has 0 radical (unpaired) electrons. The van der Waals surface area contributed by atoms with Gasteiger partial charge >= 0.3 is 5.97 Å². The van der Waals surface area contributed by atoms with E-state index < -0.39 is 11.8 Å². The first kappa shape index (κ1) is 19.3. The quantitative estimate of drug-likeness (QED) is 0.393. The molecule has 7 nitrogen and oxygen atoms in total. The number of aromatic nitrogens is 3. The van der Waals surface area contributed by atoms with Crippen LogP contribution >= 0.6 is 0 Å². The Morgan fingerprint density at radius 2 is 1.77 bits per heavy atom.